The first-order chi connectivity index (χ1) is 11.1. The Labute approximate surface area is 140 Å². The van der Waals surface area contributed by atoms with Crippen molar-refractivity contribution < 1.29 is 23.5 Å². The highest BCUT2D eigenvalue weighted by Crippen LogP contribution is 2.23. The molecule has 0 saturated carbocycles. The average Bonchev–Trinajstić information content (AvgIpc) is 2.48. The van der Waals surface area contributed by atoms with Crippen LogP contribution >= 0.6 is 0 Å². The van der Waals surface area contributed by atoms with E-state index in [-0.39, 0.29) is 24.6 Å². The van der Waals surface area contributed by atoms with Crippen LogP contribution in [0.1, 0.15) is 39.2 Å². The number of rotatable bonds is 8. The van der Waals surface area contributed by atoms with Crippen molar-refractivity contribution in [1.29, 1.82) is 0 Å². The molecule has 0 aliphatic rings. The molecule has 1 atom stereocenters. The maximum Gasteiger partial charge on any atom is 0.239 e. The van der Waals surface area contributed by atoms with Crippen molar-refractivity contribution in [3.63, 3.8) is 0 Å². The molecule has 0 heterocycles. The standard InChI is InChI=1S/C17H24F2N2O3/c1-11(2)4-7-15(22)20-9-16(23)21-10-17(3,24)13-6-5-12(18)8-14(13)19/h5-6,8,11,24H,4,7,9-10H2,1-3H3,(H,20,22)(H,21,23). The van der Waals surface area contributed by atoms with E-state index in [1.807, 2.05) is 13.8 Å². The predicted octanol–water partition coefficient (Wildman–Crippen LogP) is 1.84. The number of amides is 2. The summed E-state index contributed by atoms with van der Waals surface area (Å²) in [7, 11) is 0. The van der Waals surface area contributed by atoms with Crippen LogP contribution in [0.25, 0.3) is 0 Å². The van der Waals surface area contributed by atoms with Crippen LogP contribution in [0.3, 0.4) is 0 Å². The third kappa shape index (κ3) is 6.62. The number of benzene rings is 1. The first kappa shape index (κ1) is 20.0. The summed E-state index contributed by atoms with van der Waals surface area (Å²) in [4.78, 5) is 23.2. The average molecular weight is 342 g/mol. The van der Waals surface area contributed by atoms with Gasteiger partial charge in [-0.3, -0.25) is 9.59 Å². The smallest absolute Gasteiger partial charge is 0.239 e. The van der Waals surface area contributed by atoms with Gasteiger partial charge in [-0.15, -0.1) is 0 Å². The molecule has 0 aliphatic carbocycles. The minimum absolute atomic E-state index is 0.120. The highest BCUT2D eigenvalue weighted by atomic mass is 19.1. The second-order valence-corrected chi connectivity index (χ2v) is 6.38. The van der Waals surface area contributed by atoms with Gasteiger partial charge in [0.05, 0.1) is 13.1 Å². The lowest BCUT2D eigenvalue weighted by Crippen LogP contribution is -2.43. The fourth-order valence-electron chi connectivity index (χ4n) is 2.04. The molecule has 0 fully saturated rings. The zero-order valence-corrected chi connectivity index (χ0v) is 14.2. The summed E-state index contributed by atoms with van der Waals surface area (Å²) in [6.45, 7) is 4.81. The number of carbonyl (C=O) groups excluding carboxylic acids is 2. The van der Waals surface area contributed by atoms with Gasteiger partial charge in [0.1, 0.15) is 17.2 Å². The molecule has 0 aliphatic heterocycles. The van der Waals surface area contributed by atoms with Crippen molar-refractivity contribution >= 4 is 11.8 Å². The molecule has 7 heteroatoms. The minimum Gasteiger partial charge on any atom is -0.383 e. The molecule has 0 saturated heterocycles. The zero-order chi connectivity index (χ0) is 18.3. The van der Waals surface area contributed by atoms with E-state index in [1.165, 1.54) is 6.92 Å². The summed E-state index contributed by atoms with van der Waals surface area (Å²) in [5, 5.41) is 15.2. The van der Waals surface area contributed by atoms with E-state index in [2.05, 4.69) is 10.6 Å². The fourth-order valence-corrected chi connectivity index (χ4v) is 2.04. The zero-order valence-electron chi connectivity index (χ0n) is 14.2. The van der Waals surface area contributed by atoms with E-state index in [1.54, 1.807) is 0 Å². The normalized spacial score (nSPS) is 13.5. The highest BCUT2D eigenvalue weighted by molar-refractivity contribution is 5.84. The van der Waals surface area contributed by atoms with Crippen molar-refractivity contribution in [2.75, 3.05) is 13.1 Å². The van der Waals surface area contributed by atoms with Gasteiger partial charge in [-0.2, -0.15) is 0 Å². The van der Waals surface area contributed by atoms with Crippen LogP contribution < -0.4 is 10.6 Å². The fraction of sp³-hybridized carbons (Fsp3) is 0.529. The molecule has 0 bridgehead atoms. The SMILES string of the molecule is CC(C)CCC(=O)NCC(=O)NCC(C)(O)c1ccc(F)cc1F. The Balaban J connectivity index is 2.46. The van der Waals surface area contributed by atoms with E-state index in [4.69, 9.17) is 0 Å². The van der Waals surface area contributed by atoms with Gasteiger partial charge < -0.3 is 15.7 Å². The molecule has 1 aromatic rings. The molecule has 1 rings (SSSR count). The summed E-state index contributed by atoms with van der Waals surface area (Å²) in [6.07, 6.45) is 1.06. The van der Waals surface area contributed by atoms with E-state index < -0.39 is 23.1 Å². The van der Waals surface area contributed by atoms with Crippen LogP contribution in [-0.2, 0) is 15.2 Å². The molecule has 1 aromatic carbocycles. The summed E-state index contributed by atoms with van der Waals surface area (Å²) in [6, 6.07) is 2.83. The molecule has 0 aromatic heterocycles. The van der Waals surface area contributed by atoms with Gasteiger partial charge in [0.2, 0.25) is 11.8 Å². The van der Waals surface area contributed by atoms with Gasteiger partial charge in [-0.25, -0.2) is 8.78 Å². The largest absolute Gasteiger partial charge is 0.383 e. The van der Waals surface area contributed by atoms with Crippen molar-refractivity contribution in [1.82, 2.24) is 10.6 Å². The first-order valence-corrected chi connectivity index (χ1v) is 7.83. The van der Waals surface area contributed by atoms with E-state index in [9.17, 15) is 23.5 Å². The number of halogens is 2. The molecule has 1 unspecified atom stereocenters. The number of hydrogen-bond acceptors (Lipinski definition) is 3. The highest BCUT2D eigenvalue weighted by Gasteiger charge is 2.27. The topological polar surface area (TPSA) is 78.4 Å². The van der Waals surface area contributed by atoms with E-state index in [0.717, 1.165) is 18.6 Å². The number of aliphatic hydroxyl groups is 1. The molecule has 2 amide bonds. The predicted molar refractivity (Wildman–Crippen MR) is 86.0 cm³/mol. The summed E-state index contributed by atoms with van der Waals surface area (Å²) in [5.41, 5.74) is -1.82. The van der Waals surface area contributed by atoms with Crippen LogP contribution in [-0.4, -0.2) is 30.0 Å². The molecule has 0 spiro atoms. The van der Waals surface area contributed by atoms with Crippen molar-refractivity contribution in [3.8, 4) is 0 Å². The third-order valence-electron chi connectivity index (χ3n) is 3.54. The van der Waals surface area contributed by atoms with E-state index in [0.29, 0.717) is 18.4 Å². The van der Waals surface area contributed by atoms with E-state index >= 15 is 0 Å². The monoisotopic (exact) mass is 342 g/mol. The number of nitrogens with one attached hydrogen (secondary N) is 2. The third-order valence-corrected chi connectivity index (χ3v) is 3.54. The van der Waals surface area contributed by atoms with Crippen LogP contribution in [0.4, 0.5) is 8.78 Å². The van der Waals surface area contributed by atoms with Crippen LogP contribution in [0.5, 0.6) is 0 Å². The maximum atomic E-state index is 13.7. The Morgan fingerprint density at radius 2 is 1.88 bits per heavy atom. The first-order valence-electron chi connectivity index (χ1n) is 7.83. The van der Waals surface area contributed by atoms with Crippen molar-refractivity contribution in [3.05, 3.63) is 35.4 Å². The number of hydrogen-bond donors (Lipinski definition) is 3. The minimum atomic E-state index is -1.70. The molecule has 24 heavy (non-hydrogen) atoms. The lowest BCUT2D eigenvalue weighted by molar-refractivity contribution is -0.126. The Hall–Kier alpha value is -2.02. The molecular weight excluding hydrogens is 318 g/mol. The van der Waals surface area contributed by atoms with Gasteiger partial charge in [0.25, 0.3) is 0 Å². The van der Waals surface area contributed by atoms with Gasteiger partial charge in [0.15, 0.2) is 0 Å². The Morgan fingerprint density at radius 1 is 1.21 bits per heavy atom. The van der Waals surface area contributed by atoms with Crippen LogP contribution in [0.2, 0.25) is 0 Å². The van der Waals surface area contributed by atoms with Crippen molar-refractivity contribution in [2.45, 2.75) is 39.2 Å². The van der Waals surface area contributed by atoms with Crippen LogP contribution in [0.15, 0.2) is 18.2 Å². The lowest BCUT2D eigenvalue weighted by Gasteiger charge is -2.24. The van der Waals surface area contributed by atoms with Crippen LogP contribution in [0, 0.1) is 17.6 Å². The summed E-state index contributed by atoms with van der Waals surface area (Å²) >= 11 is 0. The summed E-state index contributed by atoms with van der Waals surface area (Å²) in [5.74, 6) is -1.98. The molecule has 5 nitrogen and oxygen atoms in total. The van der Waals surface area contributed by atoms with Crippen molar-refractivity contribution in [2.24, 2.45) is 5.92 Å². The molecule has 134 valence electrons. The summed E-state index contributed by atoms with van der Waals surface area (Å²) < 4.78 is 26.6. The second-order valence-electron chi connectivity index (χ2n) is 6.38. The number of carbonyl (C=O) groups is 2. The molecule has 3 N–H and O–H groups in total. The van der Waals surface area contributed by atoms with Gasteiger partial charge in [-0.05, 0) is 25.3 Å². The molecular formula is C17H24F2N2O3. The maximum absolute atomic E-state index is 13.7. The van der Waals surface area contributed by atoms with Gasteiger partial charge >= 0.3 is 0 Å². The Bertz CT molecular complexity index is 589. The Morgan fingerprint density at radius 3 is 2.46 bits per heavy atom. The second kappa shape index (κ2) is 8.73. The Kier molecular flexibility index (Phi) is 7.28. The molecule has 0 radical (unpaired) electrons. The lowest BCUT2D eigenvalue weighted by atomic mass is 9.95. The van der Waals surface area contributed by atoms with Gasteiger partial charge in [-0.1, -0.05) is 19.9 Å². The quantitative estimate of drug-likeness (QED) is 0.674. The van der Waals surface area contributed by atoms with Gasteiger partial charge in [0, 0.05) is 18.1 Å².